The fraction of sp³-hybridized carbons (Fsp3) is 0. The van der Waals surface area contributed by atoms with Crippen molar-refractivity contribution >= 4 is 0 Å². The van der Waals surface area contributed by atoms with Crippen LogP contribution in [0, 0.1) is 9.71 Å². The second-order valence-electron chi connectivity index (χ2n) is 0.0680. The fourth-order valence-electron chi connectivity index (χ4n) is 0. The Bertz CT molecular complexity index is 17.6. The van der Waals surface area contributed by atoms with E-state index in [2.05, 4.69) is 15.9 Å². The van der Waals surface area contributed by atoms with Gasteiger partial charge in [-0.2, -0.15) is 0 Å². The first-order valence-corrected chi connectivity index (χ1v) is 0.841. The molecule has 0 aliphatic heterocycles. The predicted octanol–water partition coefficient (Wildman–Crippen LogP) is -1.24. The summed E-state index contributed by atoms with van der Waals surface area (Å²) in [7, 11) is 0. The first-order valence-electron chi connectivity index (χ1n) is 0.456. The van der Waals surface area contributed by atoms with Crippen LogP contribution in [0.5, 0.6) is 0 Å². The van der Waals surface area contributed by atoms with Crippen LogP contribution in [-0.4, -0.2) is 0 Å². The van der Waals surface area contributed by atoms with Crippen LogP contribution in [0.3, 0.4) is 0 Å². The topological polar surface area (TPSA) is 68.5 Å². The fourth-order valence-corrected chi connectivity index (χ4v) is 0. The van der Waals surface area contributed by atoms with Crippen LogP contribution in [0.2, 0.25) is 0 Å². The summed E-state index contributed by atoms with van der Waals surface area (Å²) in [5.74, 6) is 0. The molecule has 0 rings (SSSR count). The zero-order valence-corrected chi connectivity index (χ0v) is 2.88. The molecule has 0 aromatic rings. The molecule has 0 aliphatic rings. The summed E-state index contributed by atoms with van der Waals surface area (Å²) in [6.07, 6.45) is 0. The Morgan fingerprint density at radius 3 is 1.60 bits per heavy atom. The standard InChI is InChI=1S/Cu.O3.O/c;1-3-2;. The van der Waals surface area contributed by atoms with Crippen LogP contribution in [0.4, 0.5) is 0 Å². The van der Waals surface area contributed by atoms with Gasteiger partial charge < -0.3 is 0 Å². The Labute approximate surface area is 35.7 Å². The second-order valence-corrected chi connectivity index (χ2v) is 0.0680. The third-order valence-electron chi connectivity index (χ3n) is 0. The van der Waals surface area contributed by atoms with Crippen molar-refractivity contribution in [1.29, 1.82) is 0 Å². The minimum absolute atomic E-state index is 1.75. The van der Waals surface area contributed by atoms with Crippen molar-refractivity contribution in [2.24, 2.45) is 0 Å². The van der Waals surface area contributed by atoms with Crippen LogP contribution in [0.25, 0.3) is 0 Å². The van der Waals surface area contributed by atoms with Crippen molar-refractivity contribution in [3.8, 4) is 0 Å². The zero-order chi connectivity index (χ0) is 4.71. The summed E-state index contributed by atoms with van der Waals surface area (Å²) in [5, 5.41) is 7.88. The summed E-state index contributed by atoms with van der Waals surface area (Å²) >= 11 is 2.94. The molecule has 0 saturated heterocycles. The average molecular weight is 128 g/mol. The first kappa shape index (κ1) is 8.83. The van der Waals surface area contributed by atoms with Crippen LogP contribution in [-0.2, 0) is 19.8 Å². The molecule has 0 aromatic carbocycles. The Morgan fingerprint density at radius 2 is 1.60 bits per heavy atom. The quantitative estimate of drug-likeness (QED) is 0.177. The monoisotopic (exact) mass is 127 g/mol. The van der Waals surface area contributed by atoms with Gasteiger partial charge in [-0.1, -0.05) is 10.2 Å². The van der Waals surface area contributed by atoms with Crippen LogP contribution >= 0.6 is 0 Å². The molecule has 35 valence electrons. The van der Waals surface area contributed by atoms with E-state index in [0.717, 1.165) is 0 Å². The van der Waals surface area contributed by atoms with E-state index in [0.29, 0.717) is 0 Å². The van der Waals surface area contributed by atoms with Crippen LogP contribution < -0.4 is 5.26 Å². The van der Waals surface area contributed by atoms with E-state index < -0.39 is 0 Å². The average Bonchev–Trinajstić information content (AvgIpc) is 1.46. The molecular weight excluding hydrogens is 128 g/mol. The normalized spacial score (nSPS) is 3.60. The van der Waals surface area contributed by atoms with Gasteiger partial charge in [0.1, 0.15) is 0 Å². The molecule has 0 spiro atoms. The van der Waals surface area contributed by atoms with Gasteiger partial charge in [0, 0.05) is 0 Å². The molecule has 5 heavy (non-hydrogen) atoms. The molecule has 5 heteroatoms. The van der Waals surface area contributed by atoms with E-state index in [1.165, 1.54) is 0 Å². The maximum absolute atomic E-state index is 7.88. The van der Waals surface area contributed by atoms with Crippen molar-refractivity contribution < 1.29 is 25.0 Å². The molecule has 0 saturated carbocycles. The van der Waals surface area contributed by atoms with Gasteiger partial charge in [-0.15, -0.1) is 0 Å². The van der Waals surface area contributed by atoms with E-state index >= 15 is 0 Å². The minimum atomic E-state index is 1.75. The molecule has 0 radical (unpaired) electrons. The van der Waals surface area contributed by atoms with Crippen molar-refractivity contribution in [2.75, 3.05) is 0 Å². The third kappa shape index (κ3) is 140. The van der Waals surface area contributed by atoms with Gasteiger partial charge in [-0.25, -0.2) is 0 Å². The number of hydrogen-bond donors (Lipinski definition) is 0. The summed E-state index contributed by atoms with van der Waals surface area (Å²) in [5.41, 5.74) is 0. The maximum atomic E-state index is 7.88. The summed E-state index contributed by atoms with van der Waals surface area (Å²) in [6, 6.07) is 0. The van der Waals surface area contributed by atoms with E-state index in [1.54, 1.807) is 4.75 Å². The van der Waals surface area contributed by atoms with Gasteiger partial charge in [-0.3, -0.25) is 0 Å². The summed E-state index contributed by atoms with van der Waals surface area (Å²) in [6.45, 7) is 0. The van der Waals surface area contributed by atoms with Crippen molar-refractivity contribution in [1.82, 2.24) is 0 Å². The van der Waals surface area contributed by atoms with Gasteiger partial charge in [-0.05, 0) is 0 Å². The third-order valence-corrected chi connectivity index (χ3v) is 0. The molecule has 0 N–H and O–H groups in total. The molecule has 0 aliphatic carbocycles. The molecule has 0 aromatic heterocycles. The van der Waals surface area contributed by atoms with Gasteiger partial charge in [0.05, 0.1) is 0 Å². The van der Waals surface area contributed by atoms with Crippen molar-refractivity contribution in [3.05, 3.63) is 9.71 Å². The molecule has 0 heterocycles. The van der Waals surface area contributed by atoms with Crippen LogP contribution in [0.1, 0.15) is 0 Å². The number of hydrogen-bond acceptors (Lipinski definition) is 3. The van der Waals surface area contributed by atoms with E-state index in [1.807, 2.05) is 0 Å². The first-order chi connectivity index (χ1) is 2.41. The van der Waals surface area contributed by atoms with Gasteiger partial charge >= 0.3 is 19.8 Å². The summed E-state index contributed by atoms with van der Waals surface area (Å²) < 4.78 is 9.56. The van der Waals surface area contributed by atoms with Gasteiger partial charge in [0.2, 0.25) is 0 Å². The Morgan fingerprint density at radius 1 is 1.60 bits per heavy atom. The number of rotatable bonds is 0. The van der Waals surface area contributed by atoms with Gasteiger partial charge in [0.25, 0.3) is 0 Å². The Balaban J connectivity index is 0. The Hall–Kier alpha value is -0.281. The molecule has 0 unspecified atom stereocenters. The molecule has 4 nitrogen and oxygen atoms in total. The molecule has 0 fully saturated rings. The molecule has 0 amide bonds. The molecule has 0 bridgehead atoms. The SMILES string of the molecule is O=[O+][O-].[O]=[Cu]. The second kappa shape index (κ2) is 53.1. The van der Waals surface area contributed by atoms with Crippen LogP contribution in [0.15, 0.2) is 0 Å². The van der Waals surface area contributed by atoms with E-state index in [-0.39, 0.29) is 0 Å². The Kier molecular flexibility index (Phi) is 93.8. The molecular formula is CuO4. The van der Waals surface area contributed by atoms with E-state index in [9.17, 15) is 0 Å². The molecule has 0 atom stereocenters. The zero-order valence-electron chi connectivity index (χ0n) is 1.93. The predicted molar refractivity (Wildman–Crippen MR) is 7.42 cm³/mol. The van der Waals surface area contributed by atoms with Crippen molar-refractivity contribution in [3.63, 3.8) is 0 Å². The summed E-state index contributed by atoms with van der Waals surface area (Å²) in [4.78, 5) is 7.88. The van der Waals surface area contributed by atoms with E-state index in [4.69, 9.17) is 14.1 Å². The van der Waals surface area contributed by atoms with Crippen molar-refractivity contribution in [2.45, 2.75) is 0 Å². The van der Waals surface area contributed by atoms with Gasteiger partial charge in [0.15, 0.2) is 4.75 Å².